The number of rotatable bonds is 19. The molecule has 0 aromatic rings. The van der Waals surface area contributed by atoms with Crippen molar-refractivity contribution < 1.29 is 47.6 Å². The van der Waals surface area contributed by atoms with Gasteiger partial charge in [0.2, 0.25) is 0 Å². The van der Waals surface area contributed by atoms with Crippen molar-refractivity contribution in [2.45, 2.75) is 25.7 Å². The van der Waals surface area contributed by atoms with Gasteiger partial charge in [0.15, 0.2) is 0 Å². The van der Waals surface area contributed by atoms with Crippen LogP contribution >= 0.6 is 0 Å². The summed E-state index contributed by atoms with van der Waals surface area (Å²) < 4.78 is 29.6. The van der Waals surface area contributed by atoms with Crippen LogP contribution in [-0.2, 0) is 47.6 Å². The van der Waals surface area contributed by atoms with Gasteiger partial charge < -0.3 is 28.4 Å². The van der Waals surface area contributed by atoms with Gasteiger partial charge in [-0.25, -0.2) is 9.59 Å². The van der Waals surface area contributed by atoms with E-state index in [1.165, 1.54) is 0 Å². The van der Waals surface area contributed by atoms with E-state index in [0.717, 1.165) is 12.2 Å². The van der Waals surface area contributed by atoms with Crippen molar-refractivity contribution in [2.24, 2.45) is 0 Å². The minimum Gasteiger partial charge on any atom is -0.463 e. The molecular formula is C20H30O10. The van der Waals surface area contributed by atoms with Gasteiger partial charge >= 0.3 is 23.9 Å². The van der Waals surface area contributed by atoms with Gasteiger partial charge in [-0.05, 0) is 12.8 Å². The molecule has 10 heteroatoms. The summed E-state index contributed by atoms with van der Waals surface area (Å²) >= 11 is 0. The van der Waals surface area contributed by atoms with Crippen LogP contribution in [0.2, 0.25) is 0 Å². The van der Waals surface area contributed by atoms with E-state index >= 15 is 0 Å². The van der Waals surface area contributed by atoms with Crippen molar-refractivity contribution in [1.82, 2.24) is 0 Å². The fraction of sp³-hybridized carbons (Fsp3) is 0.600. The number of hydrogen-bond donors (Lipinski definition) is 0. The molecule has 0 bridgehead atoms. The molecule has 0 aliphatic rings. The molecule has 0 atom stereocenters. The highest BCUT2D eigenvalue weighted by Crippen LogP contribution is 2.03. The molecule has 0 aliphatic carbocycles. The van der Waals surface area contributed by atoms with Crippen molar-refractivity contribution >= 4 is 23.9 Å². The standard InChI is InChI=1S/C20H30O10/c1-3-17(21)27-13-9-25-11-15-29-19(23)7-5-6-8-20(24)30-16-12-26-10-14-28-18(22)4-2/h3-4H,1-2,5-16H2. The zero-order chi connectivity index (χ0) is 22.5. The molecule has 0 rings (SSSR count). The van der Waals surface area contributed by atoms with Gasteiger partial charge in [0.05, 0.1) is 26.4 Å². The smallest absolute Gasteiger partial charge is 0.330 e. The largest absolute Gasteiger partial charge is 0.463 e. The molecule has 0 aromatic heterocycles. The van der Waals surface area contributed by atoms with Crippen LogP contribution < -0.4 is 0 Å². The predicted molar refractivity (Wildman–Crippen MR) is 104 cm³/mol. The molecule has 0 unspecified atom stereocenters. The Labute approximate surface area is 176 Å². The molecule has 0 heterocycles. The van der Waals surface area contributed by atoms with Crippen molar-refractivity contribution in [3.8, 4) is 0 Å². The number of unbranched alkanes of at least 4 members (excludes halogenated alkanes) is 1. The van der Waals surface area contributed by atoms with Crippen molar-refractivity contribution in [2.75, 3.05) is 52.9 Å². The maximum Gasteiger partial charge on any atom is 0.330 e. The molecule has 0 aromatic carbocycles. The molecule has 170 valence electrons. The number of carbonyl (C=O) groups excluding carboxylic acids is 4. The Morgan fingerprint density at radius 3 is 1.20 bits per heavy atom. The Kier molecular flexibility index (Phi) is 17.8. The monoisotopic (exact) mass is 430 g/mol. The average molecular weight is 430 g/mol. The fourth-order valence-corrected chi connectivity index (χ4v) is 1.84. The van der Waals surface area contributed by atoms with Crippen LogP contribution in [0.1, 0.15) is 25.7 Å². The molecule has 10 nitrogen and oxygen atoms in total. The molecule has 30 heavy (non-hydrogen) atoms. The van der Waals surface area contributed by atoms with Crippen LogP contribution in [0.3, 0.4) is 0 Å². The minimum absolute atomic E-state index is 0.100. The van der Waals surface area contributed by atoms with Gasteiger partial charge in [-0.15, -0.1) is 0 Å². The number of esters is 4. The summed E-state index contributed by atoms with van der Waals surface area (Å²) in [6, 6.07) is 0. The highest BCUT2D eigenvalue weighted by atomic mass is 16.6. The van der Waals surface area contributed by atoms with Crippen LogP contribution in [-0.4, -0.2) is 76.7 Å². The predicted octanol–water partition coefficient (Wildman–Crippen LogP) is 1.12. The molecule has 0 N–H and O–H groups in total. The summed E-state index contributed by atoms with van der Waals surface area (Å²) in [4.78, 5) is 44.6. The number of ether oxygens (including phenoxy) is 6. The molecule has 0 radical (unpaired) electrons. The van der Waals surface area contributed by atoms with Crippen LogP contribution in [0.4, 0.5) is 0 Å². The topological polar surface area (TPSA) is 124 Å². The van der Waals surface area contributed by atoms with Crippen LogP contribution in [0.25, 0.3) is 0 Å². The van der Waals surface area contributed by atoms with Gasteiger partial charge in [0.1, 0.15) is 26.4 Å². The Bertz CT molecular complexity index is 496. The summed E-state index contributed by atoms with van der Waals surface area (Å²) in [5, 5.41) is 0. The summed E-state index contributed by atoms with van der Waals surface area (Å²) in [6.45, 7) is 7.73. The summed E-state index contributed by atoms with van der Waals surface area (Å²) in [7, 11) is 0. The van der Waals surface area contributed by atoms with E-state index in [2.05, 4.69) is 13.2 Å². The summed E-state index contributed by atoms with van der Waals surface area (Å²) in [5.74, 6) is -1.80. The Morgan fingerprint density at radius 1 is 0.533 bits per heavy atom. The highest BCUT2D eigenvalue weighted by molar-refractivity contribution is 5.81. The quantitative estimate of drug-likeness (QED) is 0.127. The van der Waals surface area contributed by atoms with Crippen LogP contribution in [0, 0.1) is 0 Å². The number of carbonyl (C=O) groups is 4. The second-order valence-corrected chi connectivity index (χ2v) is 5.62. The lowest BCUT2D eigenvalue weighted by molar-refractivity contribution is -0.148. The highest BCUT2D eigenvalue weighted by Gasteiger charge is 2.06. The van der Waals surface area contributed by atoms with E-state index in [1.807, 2.05) is 0 Å². The van der Waals surface area contributed by atoms with E-state index in [-0.39, 0.29) is 77.6 Å². The third-order valence-corrected chi connectivity index (χ3v) is 3.27. The first-order valence-corrected chi connectivity index (χ1v) is 9.54. The lowest BCUT2D eigenvalue weighted by Gasteiger charge is -2.07. The molecule has 0 saturated carbocycles. The lowest BCUT2D eigenvalue weighted by Crippen LogP contribution is -2.14. The third kappa shape index (κ3) is 18.6. The van der Waals surface area contributed by atoms with Gasteiger partial charge in [-0.1, -0.05) is 13.2 Å². The first kappa shape index (κ1) is 27.3. The van der Waals surface area contributed by atoms with Gasteiger partial charge in [0, 0.05) is 25.0 Å². The van der Waals surface area contributed by atoms with Crippen molar-refractivity contribution in [3.63, 3.8) is 0 Å². The zero-order valence-electron chi connectivity index (χ0n) is 17.1. The first-order chi connectivity index (χ1) is 14.5. The van der Waals surface area contributed by atoms with E-state index in [4.69, 9.17) is 28.4 Å². The van der Waals surface area contributed by atoms with Gasteiger partial charge in [-0.3, -0.25) is 9.59 Å². The van der Waals surface area contributed by atoms with Gasteiger partial charge in [-0.2, -0.15) is 0 Å². The number of hydrogen-bond acceptors (Lipinski definition) is 10. The lowest BCUT2D eigenvalue weighted by atomic mass is 10.2. The average Bonchev–Trinajstić information content (AvgIpc) is 2.74. The van der Waals surface area contributed by atoms with Gasteiger partial charge in [0.25, 0.3) is 0 Å². The second-order valence-electron chi connectivity index (χ2n) is 5.62. The Hall–Kier alpha value is -2.72. The maximum atomic E-state index is 11.5. The summed E-state index contributed by atoms with van der Waals surface area (Å²) in [5.41, 5.74) is 0. The molecule has 0 saturated heterocycles. The minimum atomic E-state index is -0.522. The molecule has 0 amide bonds. The maximum absolute atomic E-state index is 11.5. The zero-order valence-corrected chi connectivity index (χ0v) is 17.1. The van der Waals surface area contributed by atoms with E-state index in [9.17, 15) is 19.2 Å². The van der Waals surface area contributed by atoms with E-state index in [0.29, 0.717) is 12.8 Å². The van der Waals surface area contributed by atoms with Crippen molar-refractivity contribution in [3.05, 3.63) is 25.3 Å². The third-order valence-electron chi connectivity index (χ3n) is 3.27. The Morgan fingerprint density at radius 2 is 0.867 bits per heavy atom. The molecule has 0 fully saturated rings. The van der Waals surface area contributed by atoms with Crippen LogP contribution in [0.5, 0.6) is 0 Å². The molecule has 0 spiro atoms. The molecular weight excluding hydrogens is 400 g/mol. The normalized spacial score (nSPS) is 10.0. The Balaban J connectivity index is 3.40. The van der Waals surface area contributed by atoms with Crippen molar-refractivity contribution in [1.29, 1.82) is 0 Å². The second kappa shape index (κ2) is 19.6. The fourth-order valence-electron chi connectivity index (χ4n) is 1.84. The SMILES string of the molecule is C=CC(=O)OCCOCCOC(=O)CCCCC(=O)OCCOCCOC(=O)C=C. The molecule has 0 aliphatic heterocycles. The van der Waals surface area contributed by atoms with E-state index < -0.39 is 11.9 Å². The van der Waals surface area contributed by atoms with E-state index in [1.54, 1.807) is 0 Å². The van der Waals surface area contributed by atoms with Crippen LogP contribution in [0.15, 0.2) is 25.3 Å². The summed E-state index contributed by atoms with van der Waals surface area (Å²) in [6.07, 6.45) is 3.50. The first-order valence-electron chi connectivity index (χ1n) is 9.54.